The first-order valence-electron chi connectivity index (χ1n) is 9.81. The largest absolute Gasteiger partial charge is 0.497 e. The first-order chi connectivity index (χ1) is 15.0. The Bertz CT molecular complexity index is 1090. The van der Waals surface area contributed by atoms with E-state index < -0.39 is 16.7 Å². The first kappa shape index (κ1) is 20.4. The van der Waals surface area contributed by atoms with E-state index in [9.17, 15) is 19.7 Å². The third-order valence-corrected chi connectivity index (χ3v) is 5.48. The lowest BCUT2D eigenvalue weighted by molar-refractivity contribution is -0.384. The Kier molecular flexibility index (Phi) is 5.33. The van der Waals surface area contributed by atoms with Crippen LogP contribution in [0, 0.1) is 10.1 Å². The van der Waals surface area contributed by atoms with Crippen LogP contribution >= 0.6 is 0 Å². The first-order valence-corrected chi connectivity index (χ1v) is 9.81. The zero-order valence-electron chi connectivity index (χ0n) is 17.2. The summed E-state index contributed by atoms with van der Waals surface area (Å²) in [4.78, 5) is 40.5. The maximum atomic E-state index is 13.5. The topological polar surface area (TPSA) is 102 Å². The van der Waals surface area contributed by atoms with Crippen molar-refractivity contribution in [3.05, 3.63) is 63.8 Å². The Labute approximate surface area is 178 Å². The van der Waals surface area contributed by atoms with Crippen molar-refractivity contribution in [1.29, 1.82) is 0 Å². The molecule has 0 saturated carbocycles. The molecule has 2 aromatic carbocycles. The maximum absolute atomic E-state index is 13.5. The maximum Gasteiger partial charge on any atom is 0.282 e. The SMILES string of the molecule is COc1ccc(N2C(=O)C(c3ccc([N+](=O)[O-])cc3)=C(N3CCCC3)C2=O)c(OC)c1. The summed E-state index contributed by atoms with van der Waals surface area (Å²) >= 11 is 0. The molecular weight excluding hydrogens is 402 g/mol. The highest BCUT2D eigenvalue weighted by Gasteiger charge is 2.44. The van der Waals surface area contributed by atoms with Crippen molar-refractivity contribution < 1.29 is 24.0 Å². The van der Waals surface area contributed by atoms with Gasteiger partial charge in [-0.3, -0.25) is 19.7 Å². The number of hydrogen-bond donors (Lipinski definition) is 0. The second kappa shape index (κ2) is 8.10. The number of imide groups is 1. The Morgan fingerprint density at radius 1 is 0.935 bits per heavy atom. The second-order valence-electron chi connectivity index (χ2n) is 7.21. The lowest BCUT2D eigenvalue weighted by Gasteiger charge is -2.21. The fourth-order valence-corrected chi connectivity index (χ4v) is 3.95. The Balaban J connectivity index is 1.82. The number of benzene rings is 2. The molecule has 0 bridgehead atoms. The molecule has 0 aromatic heterocycles. The summed E-state index contributed by atoms with van der Waals surface area (Å²) in [6.07, 6.45) is 1.84. The van der Waals surface area contributed by atoms with Crippen molar-refractivity contribution in [1.82, 2.24) is 4.90 Å². The molecule has 9 nitrogen and oxygen atoms in total. The third kappa shape index (κ3) is 3.48. The van der Waals surface area contributed by atoms with Crippen LogP contribution in [0.3, 0.4) is 0 Å². The molecular formula is C22H21N3O6. The lowest BCUT2D eigenvalue weighted by Crippen LogP contribution is -2.34. The molecule has 2 aliphatic heterocycles. The molecule has 0 spiro atoms. The van der Waals surface area contributed by atoms with E-state index in [-0.39, 0.29) is 11.3 Å². The molecule has 0 aliphatic carbocycles. The smallest absolute Gasteiger partial charge is 0.282 e. The van der Waals surface area contributed by atoms with Crippen LogP contribution in [0.1, 0.15) is 18.4 Å². The van der Waals surface area contributed by atoms with Gasteiger partial charge < -0.3 is 14.4 Å². The normalized spacial score (nSPS) is 16.3. The summed E-state index contributed by atoms with van der Waals surface area (Å²) in [5.41, 5.74) is 1.24. The van der Waals surface area contributed by atoms with Crippen LogP contribution in [0.4, 0.5) is 11.4 Å². The van der Waals surface area contributed by atoms with Crippen LogP contribution in [-0.4, -0.2) is 48.9 Å². The van der Waals surface area contributed by atoms with E-state index in [1.165, 1.54) is 38.5 Å². The molecule has 0 N–H and O–H groups in total. The zero-order chi connectivity index (χ0) is 22.1. The highest BCUT2D eigenvalue weighted by molar-refractivity contribution is 6.45. The minimum absolute atomic E-state index is 0.0856. The van der Waals surface area contributed by atoms with Gasteiger partial charge in [0.05, 0.1) is 30.4 Å². The van der Waals surface area contributed by atoms with Gasteiger partial charge in [-0.2, -0.15) is 0 Å². The molecule has 0 unspecified atom stereocenters. The minimum atomic E-state index is -0.504. The predicted octanol–water partition coefficient (Wildman–Crippen LogP) is 2.99. The molecule has 1 saturated heterocycles. The van der Waals surface area contributed by atoms with E-state index in [4.69, 9.17) is 9.47 Å². The number of nitrogens with zero attached hydrogens (tertiary/aromatic N) is 3. The van der Waals surface area contributed by atoms with Crippen molar-refractivity contribution in [3.63, 3.8) is 0 Å². The highest BCUT2D eigenvalue weighted by atomic mass is 16.6. The molecule has 2 aliphatic rings. The van der Waals surface area contributed by atoms with E-state index in [0.29, 0.717) is 41.5 Å². The van der Waals surface area contributed by atoms with Gasteiger partial charge in [-0.1, -0.05) is 0 Å². The summed E-state index contributed by atoms with van der Waals surface area (Å²) in [6, 6.07) is 10.5. The number of non-ortho nitro benzene ring substituents is 1. The number of methoxy groups -OCH3 is 2. The average Bonchev–Trinajstić information content (AvgIpc) is 3.39. The summed E-state index contributed by atoms with van der Waals surface area (Å²) in [7, 11) is 2.97. The molecule has 0 radical (unpaired) electrons. The molecule has 2 amide bonds. The van der Waals surface area contributed by atoms with Gasteiger partial charge in [0.15, 0.2) is 0 Å². The van der Waals surface area contributed by atoms with Crippen molar-refractivity contribution >= 4 is 28.8 Å². The van der Waals surface area contributed by atoms with E-state index >= 15 is 0 Å². The number of likely N-dealkylation sites (tertiary alicyclic amines) is 1. The van der Waals surface area contributed by atoms with E-state index in [1.54, 1.807) is 18.2 Å². The molecule has 160 valence electrons. The summed E-state index contributed by atoms with van der Waals surface area (Å²) in [5.74, 6) is -0.0808. The molecule has 0 atom stereocenters. The molecule has 4 rings (SSSR count). The van der Waals surface area contributed by atoms with Crippen LogP contribution in [-0.2, 0) is 9.59 Å². The molecule has 9 heteroatoms. The van der Waals surface area contributed by atoms with Gasteiger partial charge in [-0.15, -0.1) is 0 Å². The van der Waals surface area contributed by atoms with Gasteiger partial charge in [-0.25, -0.2) is 4.90 Å². The van der Waals surface area contributed by atoms with Crippen molar-refractivity contribution in [3.8, 4) is 11.5 Å². The summed E-state index contributed by atoms with van der Waals surface area (Å²) in [5, 5.41) is 11.0. The van der Waals surface area contributed by atoms with Crippen molar-refractivity contribution in [2.75, 3.05) is 32.2 Å². The Hall–Kier alpha value is -3.88. The average molecular weight is 423 g/mol. The highest BCUT2D eigenvalue weighted by Crippen LogP contribution is 2.40. The van der Waals surface area contributed by atoms with Crippen LogP contribution in [0.25, 0.3) is 5.57 Å². The number of carbonyl (C=O) groups excluding carboxylic acids is 2. The van der Waals surface area contributed by atoms with Gasteiger partial charge in [0, 0.05) is 31.3 Å². The fourth-order valence-electron chi connectivity index (χ4n) is 3.95. The van der Waals surface area contributed by atoms with E-state index in [0.717, 1.165) is 17.7 Å². The molecule has 31 heavy (non-hydrogen) atoms. The van der Waals surface area contributed by atoms with Gasteiger partial charge in [0.2, 0.25) is 0 Å². The van der Waals surface area contributed by atoms with Crippen LogP contribution in [0.5, 0.6) is 11.5 Å². The Morgan fingerprint density at radius 2 is 1.61 bits per heavy atom. The quantitative estimate of drug-likeness (QED) is 0.400. The number of anilines is 1. The lowest BCUT2D eigenvalue weighted by atomic mass is 10.0. The van der Waals surface area contributed by atoms with Gasteiger partial charge in [0.1, 0.15) is 17.2 Å². The van der Waals surface area contributed by atoms with E-state index in [2.05, 4.69) is 0 Å². The van der Waals surface area contributed by atoms with Gasteiger partial charge >= 0.3 is 0 Å². The molecule has 2 heterocycles. The number of rotatable bonds is 6. The summed E-state index contributed by atoms with van der Waals surface area (Å²) < 4.78 is 10.6. The predicted molar refractivity (Wildman–Crippen MR) is 113 cm³/mol. The number of nitro benzene ring substituents is 1. The number of ether oxygens (including phenoxy) is 2. The molecule has 2 aromatic rings. The minimum Gasteiger partial charge on any atom is -0.497 e. The molecule has 1 fully saturated rings. The van der Waals surface area contributed by atoms with Crippen molar-refractivity contribution in [2.24, 2.45) is 0 Å². The van der Waals surface area contributed by atoms with Crippen LogP contribution in [0.2, 0.25) is 0 Å². The van der Waals surface area contributed by atoms with Gasteiger partial charge in [0.25, 0.3) is 17.5 Å². The standard InChI is InChI=1S/C22H21N3O6/c1-30-16-9-10-17(18(13-16)31-2)24-21(26)19(14-5-7-15(8-6-14)25(28)29)20(22(24)27)23-11-3-4-12-23/h5-10,13H,3-4,11-12H2,1-2H3. The second-order valence-corrected chi connectivity index (χ2v) is 7.21. The number of carbonyl (C=O) groups is 2. The number of nitro groups is 1. The fraction of sp³-hybridized carbons (Fsp3) is 0.273. The van der Waals surface area contributed by atoms with Crippen LogP contribution in [0.15, 0.2) is 48.2 Å². The Morgan fingerprint density at radius 3 is 2.19 bits per heavy atom. The summed E-state index contributed by atoms with van der Waals surface area (Å²) in [6.45, 7) is 1.33. The number of amides is 2. The van der Waals surface area contributed by atoms with Crippen molar-refractivity contribution in [2.45, 2.75) is 12.8 Å². The van der Waals surface area contributed by atoms with Crippen LogP contribution < -0.4 is 14.4 Å². The monoisotopic (exact) mass is 423 g/mol. The third-order valence-electron chi connectivity index (χ3n) is 5.48. The van der Waals surface area contributed by atoms with Gasteiger partial charge in [-0.05, 0) is 42.7 Å². The van der Waals surface area contributed by atoms with E-state index in [1.807, 2.05) is 4.90 Å². The number of hydrogen-bond acceptors (Lipinski definition) is 7. The zero-order valence-corrected chi connectivity index (χ0v) is 17.2.